The lowest BCUT2D eigenvalue weighted by Gasteiger charge is -2.47. The fraction of sp³-hybridized carbons (Fsp3) is 0.538. The molecular formula is C26H50O5SSi6. The smallest absolute Gasteiger partial charge is 0.437 e. The Bertz CT molecular complexity index is 936. The van der Waals surface area contributed by atoms with Gasteiger partial charge in [-0.25, -0.2) is 0 Å². The Morgan fingerprint density at radius 2 is 0.921 bits per heavy atom. The Balaban J connectivity index is 2.89. The van der Waals surface area contributed by atoms with Gasteiger partial charge >= 0.3 is 25.9 Å². The van der Waals surface area contributed by atoms with Crippen LogP contribution in [0.15, 0.2) is 60.7 Å². The summed E-state index contributed by atoms with van der Waals surface area (Å²) in [5, 5.41) is 2.10. The molecule has 0 aliphatic carbocycles. The van der Waals surface area contributed by atoms with Crippen molar-refractivity contribution < 1.29 is 20.6 Å². The topological polar surface area (TPSA) is 46.2 Å². The Labute approximate surface area is 244 Å². The molecule has 2 aromatic rings. The van der Waals surface area contributed by atoms with E-state index >= 15 is 0 Å². The van der Waals surface area contributed by atoms with Crippen LogP contribution in [-0.4, -0.2) is 56.6 Å². The first-order valence-corrected chi connectivity index (χ1v) is 31.0. The van der Waals surface area contributed by atoms with E-state index in [0.29, 0.717) is 6.04 Å². The van der Waals surface area contributed by atoms with Gasteiger partial charge in [-0.05, 0) is 94.6 Å². The van der Waals surface area contributed by atoms with Crippen LogP contribution in [0.5, 0.6) is 0 Å². The van der Waals surface area contributed by atoms with E-state index in [0.717, 1.165) is 22.5 Å². The van der Waals surface area contributed by atoms with Gasteiger partial charge in [0.15, 0.2) is 25.0 Å². The summed E-state index contributed by atoms with van der Waals surface area (Å²) in [6, 6.07) is 21.6. The Hall–Kier alpha value is -0.109. The third-order valence-corrected chi connectivity index (χ3v) is 25.9. The molecule has 38 heavy (non-hydrogen) atoms. The van der Waals surface area contributed by atoms with Crippen molar-refractivity contribution in [3.8, 4) is 0 Å². The molecule has 0 N–H and O–H groups in total. The number of hydrogen-bond donors (Lipinski definition) is 1. The number of hydrogen-bond acceptors (Lipinski definition) is 6. The molecular weight excluding hydrogens is 593 g/mol. The van der Waals surface area contributed by atoms with E-state index < -0.39 is 50.9 Å². The molecule has 0 radical (unpaired) electrons. The fourth-order valence-corrected chi connectivity index (χ4v) is 30.9. The van der Waals surface area contributed by atoms with Gasteiger partial charge in [0.25, 0.3) is 0 Å². The van der Waals surface area contributed by atoms with Crippen LogP contribution in [0.3, 0.4) is 0 Å². The summed E-state index contributed by atoms with van der Waals surface area (Å²) in [6.45, 7) is 24.3. The molecule has 214 valence electrons. The molecule has 0 aromatic heterocycles. The summed E-state index contributed by atoms with van der Waals surface area (Å²) in [6.07, 6.45) is 0.852. The van der Waals surface area contributed by atoms with Crippen molar-refractivity contribution >= 4 is 73.9 Å². The highest BCUT2D eigenvalue weighted by Crippen LogP contribution is 2.32. The van der Waals surface area contributed by atoms with Gasteiger partial charge in [-0.2, -0.15) is 12.6 Å². The van der Waals surface area contributed by atoms with Crippen molar-refractivity contribution in [2.24, 2.45) is 0 Å². The van der Waals surface area contributed by atoms with E-state index in [1.807, 2.05) is 12.1 Å². The Kier molecular flexibility index (Phi) is 11.9. The highest BCUT2D eigenvalue weighted by molar-refractivity contribution is 7.80. The molecule has 0 spiro atoms. The summed E-state index contributed by atoms with van der Waals surface area (Å²) >= 11 is 4.57. The van der Waals surface area contributed by atoms with Crippen LogP contribution >= 0.6 is 12.6 Å². The molecule has 0 aliphatic rings. The normalized spacial score (nSPS) is 14.1. The van der Waals surface area contributed by atoms with Crippen LogP contribution < -0.4 is 10.4 Å². The minimum Gasteiger partial charge on any atom is -0.437 e. The first-order valence-electron chi connectivity index (χ1n) is 13.5. The molecule has 5 nitrogen and oxygen atoms in total. The number of rotatable bonds is 15. The summed E-state index contributed by atoms with van der Waals surface area (Å²) in [5.74, 6) is 0.743. The lowest BCUT2D eigenvalue weighted by atomic mass is 10.4. The molecule has 0 amide bonds. The van der Waals surface area contributed by atoms with Gasteiger partial charge in [-0.15, -0.1) is 0 Å². The quantitative estimate of drug-likeness (QED) is 0.171. The largest absolute Gasteiger partial charge is 0.471 e. The van der Waals surface area contributed by atoms with Crippen LogP contribution in [0.25, 0.3) is 0 Å². The van der Waals surface area contributed by atoms with Crippen molar-refractivity contribution in [3.63, 3.8) is 0 Å². The minimum atomic E-state index is -3.38. The maximum absolute atomic E-state index is 7.62. The van der Waals surface area contributed by atoms with Gasteiger partial charge in [0.2, 0.25) is 0 Å². The standard InChI is InChI=1S/C26H50O5SSi6/c1-33(2,3)27-36(10,11)30-38(25-19-14-12-15-20-25,26-21-16-13-17-22-26)31-37(24-18-23-32,28-34(4,5)6)29-35(7,8)9/h12-17,19-22,32H,18,23-24H2,1-11H3. The van der Waals surface area contributed by atoms with Crippen molar-refractivity contribution in [3.05, 3.63) is 60.7 Å². The van der Waals surface area contributed by atoms with Crippen molar-refractivity contribution in [2.75, 3.05) is 5.75 Å². The highest BCUT2D eigenvalue weighted by Gasteiger charge is 2.58. The second-order valence-electron chi connectivity index (χ2n) is 13.1. The molecule has 0 fully saturated rings. The first kappa shape index (κ1) is 34.1. The van der Waals surface area contributed by atoms with E-state index in [1.165, 1.54) is 0 Å². The van der Waals surface area contributed by atoms with Crippen molar-refractivity contribution in [1.82, 2.24) is 0 Å². The molecule has 0 heterocycles. The molecule has 0 bridgehead atoms. The van der Waals surface area contributed by atoms with Gasteiger partial charge in [-0.3, -0.25) is 0 Å². The van der Waals surface area contributed by atoms with Gasteiger partial charge in [-0.1, -0.05) is 60.7 Å². The minimum absolute atomic E-state index is 0.708. The number of thiol groups is 1. The monoisotopic (exact) mass is 642 g/mol. The molecule has 12 heteroatoms. The molecule has 0 saturated carbocycles. The van der Waals surface area contributed by atoms with Gasteiger partial charge in [0.05, 0.1) is 0 Å². The van der Waals surface area contributed by atoms with Gasteiger partial charge in [0, 0.05) is 6.04 Å². The summed E-state index contributed by atoms with van der Waals surface area (Å²) in [4.78, 5) is 0. The second kappa shape index (κ2) is 13.2. The average Bonchev–Trinajstić information content (AvgIpc) is 2.74. The van der Waals surface area contributed by atoms with Crippen LogP contribution in [0, 0.1) is 0 Å². The third kappa shape index (κ3) is 11.0. The summed E-state index contributed by atoms with van der Waals surface area (Å²) < 4.78 is 36.0. The van der Waals surface area contributed by atoms with Crippen molar-refractivity contribution in [1.29, 1.82) is 0 Å². The predicted octanol–water partition coefficient (Wildman–Crippen LogP) is 6.79. The Morgan fingerprint density at radius 3 is 1.26 bits per heavy atom. The predicted molar refractivity (Wildman–Crippen MR) is 180 cm³/mol. The lowest BCUT2D eigenvalue weighted by molar-refractivity contribution is 0.225. The van der Waals surface area contributed by atoms with E-state index in [9.17, 15) is 0 Å². The van der Waals surface area contributed by atoms with E-state index in [4.69, 9.17) is 20.6 Å². The maximum atomic E-state index is 7.62. The summed E-state index contributed by atoms with van der Waals surface area (Å²) in [5.41, 5.74) is 0. The zero-order valence-electron chi connectivity index (χ0n) is 25.4. The van der Waals surface area contributed by atoms with Crippen LogP contribution in [0.2, 0.25) is 78.1 Å². The third-order valence-electron chi connectivity index (χ3n) is 5.11. The zero-order chi connectivity index (χ0) is 28.9. The average molecular weight is 643 g/mol. The van der Waals surface area contributed by atoms with E-state index in [1.54, 1.807) is 0 Å². The molecule has 0 unspecified atom stereocenters. The van der Waals surface area contributed by atoms with Crippen LogP contribution in [-0.2, 0) is 20.6 Å². The maximum Gasteiger partial charge on any atom is 0.471 e. The molecule has 2 aromatic carbocycles. The lowest BCUT2D eigenvalue weighted by Crippen LogP contribution is -2.74. The van der Waals surface area contributed by atoms with E-state index in [-0.39, 0.29) is 0 Å². The summed E-state index contributed by atoms with van der Waals surface area (Å²) in [7, 11) is -15.4. The van der Waals surface area contributed by atoms with Gasteiger partial charge in [0.1, 0.15) is 0 Å². The van der Waals surface area contributed by atoms with E-state index in [2.05, 4.69) is 133 Å². The number of benzene rings is 2. The zero-order valence-corrected chi connectivity index (χ0v) is 32.3. The highest BCUT2D eigenvalue weighted by atomic mass is 32.1. The molecule has 2 rings (SSSR count). The molecule has 0 atom stereocenters. The Morgan fingerprint density at radius 1 is 0.526 bits per heavy atom. The fourth-order valence-electron chi connectivity index (χ4n) is 4.51. The molecule has 0 aliphatic heterocycles. The SMILES string of the molecule is C[Si](C)(C)O[Si](C)(C)O[Si](O[Si](CCCS)(O[Si](C)(C)C)O[Si](C)(C)C)(c1ccccc1)c1ccccc1. The first-order chi connectivity index (χ1) is 17.3. The van der Waals surface area contributed by atoms with Gasteiger partial charge < -0.3 is 20.6 Å². The van der Waals surface area contributed by atoms with Crippen molar-refractivity contribution in [2.45, 2.75) is 84.5 Å². The van der Waals surface area contributed by atoms with Crippen LogP contribution in [0.1, 0.15) is 6.42 Å². The molecule has 0 saturated heterocycles. The second-order valence-corrected chi connectivity index (χ2v) is 37.4. The van der Waals surface area contributed by atoms with Crippen LogP contribution in [0.4, 0.5) is 0 Å².